The lowest BCUT2D eigenvalue weighted by Gasteiger charge is -2.56. The third kappa shape index (κ3) is 1.64. The summed E-state index contributed by atoms with van der Waals surface area (Å²) in [6, 6.07) is 0. The molecule has 5 unspecified atom stereocenters. The Morgan fingerprint density at radius 2 is 1.84 bits per heavy atom. The molecule has 0 amide bonds. The zero-order valence-electron chi connectivity index (χ0n) is 12.9. The van der Waals surface area contributed by atoms with Crippen LogP contribution in [0.5, 0.6) is 0 Å². The van der Waals surface area contributed by atoms with Crippen LogP contribution in [0.1, 0.15) is 78.1 Å². The summed E-state index contributed by atoms with van der Waals surface area (Å²) in [6.07, 6.45) is 17.6. The Morgan fingerprint density at radius 3 is 2.74 bits per heavy atom. The molecule has 4 aliphatic rings. The van der Waals surface area contributed by atoms with Gasteiger partial charge in [-0.3, -0.25) is 0 Å². The summed E-state index contributed by atoms with van der Waals surface area (Å²) >= 11 is 0. The first-order valence-corrected chi connectivity index (χ1v) is 8.83. The average Bonchev–Trinajstić information content (AvgIpc) is 2.79. The van der Waals surface area contributed by atoms with E-state index in [2.05, 4.69) is 19.9 Å². The maximum atomic E-state index is 2.70. The second-order valence-electron chi connectivity index (χ2n) is 8.55. The van der Waals surface area contributed by atoms with Gasteiger partial charge in [0.05, 0.1) is 0 Å². The van der Waals surface area contributed by atoms with Crippen molar-refractivity contribution in [2.45, 2.75) is 78.1 Å². The lowest BCUT2D eigenvalue weighted by Crippen LogP contribution is -2.48. The van der Waals surface area contributed by atoms with E-state index < -0.39 is 0 Å². The fraction of sp³-hybridized carbons (Fsp3) is 0.895. The summed E-state index contributed by atoms with van der Waals surface area (Å²) in [4.78, 5) is 0. The molecule has 3 saturated carbocycles. The van der Waals surface area contributed by atoms with Gasteiger partial charge >= 0.3 is 0 Å². The van der Waals surface area contributed by atoms with E-state index in [1.807, 2.05) is 5.57 Å². The average molecular weight is 258 g/mol. The van der Waals surface area contributed by atoms with Crippen LogP contribution in [0, 0.1) is 28.6 Å². The first-order valence-electron chi connectivity index (χ1n) is 8.83. The summed E-state index contributed by atoms with van der Waals surface area (Å²) in [5.41, 5.74) is 3.18. The topological polar surface area (TPSA) is 0 Å². The summed E-state index contributed by atoms with van der Waals surface area (Å²) < 4.78 is 0. The van der Waals surface area contributed by atoms with Gasteiger partial charge in [0.15, 0.2) is 0 Å². The van der Waals surface area contributed by atoms with E-state index in [4.69, 9.17) is 0 Å². The maximum absolute atomic E-state index is 2.70. The molecule has 0 heterocycles. The van der Waals surface area contributed by atoms with Crippen LogP contribution in [0.2, 0.25) is 0 Å². The van der Waals surface area contributed by atoms with Gasteiger partial charge in [0.1, 0.15) is 0 Å². The molecule has 3 fully saturated rings. The summed E-state index contributed by atoms with van der Waals surface area (Å²) in [6.45, 7) is 5.25. The van der Waals surface area contributed by atoms with Gasteiger partial charge in [-0.1, -0.05) is 38.3 Å². The van der Waals surface area contributed by atoms with Crippen molar-refractivity contribution in [3.63, 3.8) is 0 Å². The zero-order chi connectivity index (χ0) is 13.1. The van der Waals surface area contributed by atoms with Gasteiger partial charge in [-0.25, -0.2) is 0 Å². The van der Waals surface area contributed by atoms with Crippen molar-refractivity contribution < 1.29 is 0 Å². The van der Waals surface area contributed by atoms with Crippen LogP contribution in [0.25, 0.3) is 0 Å². The molecule has 0 radical (unpaired) electrons. The van der Waals surface area contributed by atoms with E-state index in [9.17, 15) is 0 Å². The molecule has 4 aliphatic carbocycles. The van der Waals surface area contributed by atoms with Crippen molar-refractivity contribution in [1.82, 2.24) is 0 Å². The highest BCUT2D eigenvalue weighted by Crippen LogP contribution is 2.64. The van der Waals surface area contributed by atoms with Crippen molar-refractivity contribution in [3.8, 4) is 0 Å². The molecule has 4 rings (SSSR count). The predicted octanol–water partition coefficient (Wildman–Crippen LogP) is 5.73. The Balaban J connectivity index is 1.70. The largest absolute Gasteiger partial charge is 0.0845 e. The zero-order valence-corrected chi connectivity index (χ0v) is 12.9. The fourth-order valence-electron chi connectivity index (χ4n) is 6.69. The Kier molecular flexibility index (Phi) is 2.71. The minimum atomic E-state index is 0.602. The van der Waals surface area contributed by atoms with Crippen LogP contribution in [0.4, 0.5) is 0 Å². The van der Waals surface area contributed by atoms with Crippen LogP contribution in [-0.2, 0) is 0 Å². The highest BCUT2D eigenvalue weighted by molar-refractivity contribution is 5.23. The monoisotopic (exact) mass is 258 g/mol. The lowest BCUT2D eigenvalue weighted by molar-refractivity contribution is -0.0248. The molecule has 0 heteroatoms. The van der Waals surface area contributed by atoms with E-state index in [1.165, 1.54) is 64.2 Å². The van der Waals surface area contributed by atoms with Gasteiger partial charge in [0, 0.05) is 0 Å². The highest BCUT2D eigenvalue weighted by atomic mass is 14.6. The minimum absolute atomic E-state index is 0.602. The molecule has 0 N–H and O–H groups in total. The van der Waals surface area contributed by atoms with Gasteiger partial charge in [0.2, 0.25) is 0 Å². The van der Waals surface area contributed by atoms with Crippen molar-refractivity contribution in [2.75, 3.05) is 0 Å². The molecular weight excluding hydrogens is 228 g/mol. The summed E-state index contributed by atoms with van der Waals surface area (Å²) in [7, 11) is 0. The van der Waals surface area contributed by atoms with Crippen molar-refractivity contribution in [1.29, 1.82) is 0 Å². The molecule has 0 aromatic carbocycles. The van der Waals surface area contributed by atoms with Gasteiger partial charge in [-0.05, 0) is 80.0 Å². The molecule has 19 heavy (non-hydrogen) atoms. The molecule has 0 bridgehead atoms. The molecule has 0 aromatic rings. The van der Waals surface area contributed by atoms with E-state index in [0.29, 0.717) is 5.41 Å². The Bertz CT molecular complexity index is 406. The minimum Gasteiger partial charge on any atom is -0.0845 e. The van der Waals surface area contributed by atoms with Gasteiger partial charge in [0.25, 0.3) is 0 Å². The molecule has 0 saturated heterocycles. The SMILES string of the molecule is CC12CCCC1C1CC=C3CCCCC3(C)C1CC2. The molecule has 0 nitrogen and oxygen atoms in total. The number of hydrogen-bond donors (Lipinski definition) is 0. The second-order valence-corrected chi connectivity index (χ2v) is 8.55. The molecule has 106 valence electrons. The predicted molar refractivity (Wildman–Crippen MR) is 80.9 cm³/mol. The van der Waals surface area contributed by atoms with Gasteiger partial charge in [-0.2, -0.15) is 0 Å². The third-order valence-corrected chi connectivity index (χ3v) is 7.80. The van der Waals surface area contributed by atoms with Gasteiger partial charge in [-0.15, -0.1) is 0 Å². The van der Waals surface area contributed by atoms with Crippen molar-refractivity contribution in [3.05, 3.63) is 11.6 Å². The van der Waals surface area contributed by atoms with E-state index in [0.717, 1.165) is 23.2 Å². The van der Waals surface area contributed by atoms with E-state index in [1.54, 1.807) is 0 Å². The molecule has 0 aliphatic heterocycles. The first kappa shape index (κ1) is 12.5. The normalized spacial score (nSPS) is 52.9. The Morgan fingerprint density at radius 1 is 0.947 bits per heavy atom. The molecular formula is C19H30. The smallest absolute Gasteiger partial charge is 0.00853 e. The molecule has 0 aromatic heterocycles. The number of allylic oxidation sites excluding steroid dienone is 2. The second kappa shape index (κ2) is 4.12. The summed E-state index contributed by atoms with van der Waals surface area (Å²) in [5, 5.41) is 0. The maximum Gasteiger partial charge on any atom is -0.00853 e. The number of fused-ring (bicyclic) bond motifs is 5. The number of hydrogen-bond acceptors (Lipinski definition) is 0. The van der Waals surface area contributed by atoms with Crippen molar-refractivity contribution >= 4 is 0 Å². The molecule has 5 atom stereocenters. The van der Waals surface area contributed by atoms with E-state index in [-0.39, 0.29) is 0 Å². The standard InChI is InChI=1S/C19H30/c1-18-11-5-7-16(18)15-9-8-14-6-3-4-12-19(14,2)17(15)10-13-18/h8,15-17H,3-7,9-13H2,1-2H3. The third-order valence-electron chi connectivity index (χ3n) is 7.80. The quantitative estimate of drug-likeness (QED) is 0.487. The lowest BCUT2D eigenvalue weighted by atomic mass is 9.48. The highest BCUT2D eigenvalue weighted by Gasteiger charge is 2.54. The van der Waals surface area contributed by atoms with E-state index >= 15 is 0 Å². The first-order chi connectivity index (χ1) is 9.13. The molecule has 0 spiro atoms. The fourth-order valence-corrected chi connectivity index (χ4v) is 6.69. The van der Waals surface area contributed by atoms with Crippen molar-refractivity contribution in [2.24, 2.45) is 28.6 Å². The van der Waals surface area contributed by atoms with Gasteiger partial charge < -0.3 is 0 Å². The van der Waals surface area contributed by atoms with Crippen LogP contribution in [0.3, 0.4) is 0 Å². The van der Waals surface area contributed by atoms with Crippen LogP contribution < -0.4 is 0 Å². The Hall–Kier alpha value is -0.260. The number of rotatable bonds is 0. The van der Waals surface area contributed by atoms with Crippen LogP contribution >= 0.6 is 0 Å². The van der Waals surface area contributed by atoms with Crippen LogP contribution in [0.15, 0.2) is 11.6 Å². The van der Waals surface area contributed by atoms with Crippen LogP contribution in [-0.4, -0.2) is 0 Å². The summed E-state index contributed by atoms with van der Waals surface area (Å²) in [5.74, 6) is 3.12. The Labute approximate surface area is 119 Å².